The number of carbonyl (C=O) groups excluding carboxylic acids is 5. The van der Waals surface area contributed by atoms with E-state index in [0.717, 1.165) is 49.6 Å². The Balaban J connectivity index is 0.780. The number of hydrogen-bond acceptors (Lipinski definition) is 12. The summed E-state index contributed by atoms with van der Waals surface area (Å²) in [4.78, 5) is 71.8. The third kappa shape index (κ3) is 9.08. The van der Waals surface area contributed by atoms with Crippen molar-refractivity contribution in [3.8, 4) is 10.8 Å². The molecule has 0 saturated carbocycles. The molecule has 5 heterocycles. The lowest BCUT2D eigenvalue weighted by Crippen LogP contribution is -2.52. The van der Waals surface area contributed by atoms with Crippen molar-refractivity contribution in [2.45, 2.75) is 78.4 Å². The number of piperidine rings is 1. The molecule has 342 valence electrons. The molecular formula is C49H47ClN10O6S. The van der Waals surface area contributed by atoms with Gasteiger partial charge in [0.25, 0.3) is 11.8 Å². The predicted octanol–water partition coefficient (Wildman–Crippen LogP) is 7.92. The molecule has 18 heteroatoms. The maximum absolute atomic E-state index is 13.4. The number of nitrogens with zero attached hydrogens (tertiary/aromatic N) is 7. The van der Waals surface area contributed by atoms with Gasteiger partial charge in [0.05, 0.1) is 23.5 Å². The van der Waals surface area contributed by atoms with Crippen LogP contribution in [0.3, 0.4) is 0 Å². The van der Waals surface area contributed by atoms with Crippen molar-refractivity contribution >= 4 is 80.3 Å². The number of nitrogens with one attached hydrogen (secondary N) is 3. The molecule has 4 aromatic carbocycles. The Morgan fingerprint density at radius 3 is 2.39 bits per heavy atom. The fourth-order valence-electron chi connectivity index (χ4n) is 8.78. The number of amides is 5. The maximum Gasteiger partial charge on any atom is 0.257 e. The van der Waals surface area contributed by atoms with Crippen LogP contribution in [0.25, 0.3) is 15.8 Å². The molecule has 1 unspecified atom stereocenters. The van der Waals surface area contributed by atoms with Gasteiger partial charge >= 0.3 is 0 Å². The molecule has 67 heavy (non-hydrogen) atoms. The molecule has 6 aromatic rings. The van der Waals surface area contributed by atoms with Crippen molar-refractivity contribution in [3.63, 3.8) is 0 Å². The summed E-state index contributed by atoms with van der Waals surface area (Å²) in [5, 5.41) is 29.4. The number of aromatic nitrogens is 3. The van der Waals surface area contributed by atoms with Crippen LogP contribution in [0.5, 0.6) is 5.75 Å². The molecule has 1 fully saturated rings. The molecule has 2 atom stereocenters. The van der Waals surface area contributed by atoms with Crippen LogP contribution in [0.4, 0.5) is 11.4 Å². The predicted molar refractivity (Wildman–Crippen MR) is 254 cm³/mol. The highest BCUT2D eigenvalue weighted by Crippen LogP contribution is 2.41. The van der Waals surface area contributed by atoms with Gasteiger partial charge in [-0.3, -0.25) is 38.8 Å². The standard InChI is InChI=1S/C49H47ClN10O6S/c1-26-22-37(57-56-36-13-9-12-34-35(36)24-59(48(34)65)39-18-19-40(61)54-47(39)64)32-10-5-6-11-33(32)45(26)66-25-42(63)52-21-8-7-20-51-41(62)23-38-46-58-55-29(4)60(46)49-43(27(2)28(3)67-49)44(53-38)30-14-16-31(50)17-15-30/h5-6,9-17,22,38-39H,7-8,18-21,23-25H2,1-4H3,(H,51,62)(H,52,63)(H,54,61,64)/t38-,39?/m0/s1. The Morgan fingerprint density at radius 1 is 0.896 bits per heavy atom. The van der Waals surface area contributed by atoms with Gasteiger partial charge in [-0.25, -0.2) is 0 Å². The lowest BCUT2D eigenvalue weighted by molar-refractivity contribution is -0.137. The van der Waals surface area contributed by atoms with E-state index in [2.05, 4.69) is 50.2 Å². The molecule has 0 aliphatic carbocycles. The monoisotopic (exact) mass is 938 g/mol. The van der Waals surface area contributed by atoms with Gasteiger partial charge in [0.15, 0.2) is 12.4 Å². The second-order valence-corrected chi connectivity index (χ2v) is 18.4. The van der Waals surface area contributed by atoms with E-state index in [0.29, 0.717) is 65.0 Å². The van der Waals surface area contributed by atoms with Gasteiger partial charge in [-0.05, 0) is 88.4 Å². The number of ether oxygens (including phenoxy) is 1. The average molecular weight is 939 g/mol. The normalized spacial score (nSPS) is 16.6. The molecule has 1 saturated heterocycles. The maximum atomic E-state index is 13.4. The highest BCUT2D eigenvalue weighted by Gasteiger charge is 2.40. The third-order valence-corrected chi connectivity index (χ3v) is 13.8. The number of thiophene rings is 1. The minimum absolute atomic E-state index is 0.0816. The number of benzene rings is 4. The molecule has 0 bridgehead atoms. The SMILES string of the molecule is Cc1cc(N=Nc2cccc3c2CN(C2CCC(=O)NC2=O)C3=O)c2ccccc2c1OCC(=O)NCCCCNC(=O)C[C@@H]1N=C(c2ccc(Cl)cc2)c2c(sc(C)c2C)-n2c(C)nnc21. The second kappa shape index (κ2) is 19.0. The Bertz CT molecular complexity index is 3050. The van der Waals surface area contributed by atoms with E-state index < -0.39 is 18.0 Å². The van der Waals surface area contributed by atoms with E-state index in [9.17, 15) is 24.0 Å². The van der Waals surface area contributed by atoms with E-state index in [4.69, 9.17) is 21.3 Å². The van der Waals surface area contributed by atoms with Crippen LogP contribution in [-0.4, -0.2) is 80.7 Å². The minimum Gasteiger partial charge on any atom is -0.483 e. The van der Waals surface area contributed by atoms with Crippen LogP contribution in [0.15, 0.2) is 88.0 Å². The summed E-state index contributed by atoms with van der Waals surface area (Å²) < 4.78 is 8.13. The van der Waals surface area contributed by atoms with Crippen LogP contribution in [0.2, 0.25) is 5.02 Å². The largest absolute Gasteiger partial charge is 0.483 e. The zero-order valence-electron chi connectivity index (χ0n) is 37.3. The number of fused-ring (bicyclic) bond motifs is 5. The van der Waals surface area contributed by atoms with Crippen molar-refractivity contribution in [2.75, 3.05) is 19.7 Å². The third-order valence-electron chi connectivity index (χ3n) is 12.3. The van der Waals surface area contributed by atoms with E-state index in [1.165, 1.54) is 9.78 Å². The molecule has 5 amide bonds. The van der Waals surface area contributed by atoms with Crippen LogP contribution in [0.1, 0.15) is 92.8 Å². The van der Waals surface area contributed by atoms with Gasteiger partial charge in [0.1, 0.15) is 28.7 Å². The number of halogens is 1. The molecule has 0 spiro atoms. The smallest absolute Gasteiger partial charge is 0.257 e. The highest BCUT2D eigenvalue weighted by molar-refractivity contribution is 7.15. The molecule has 9 rings (SSSR count). The number of rotatable bonds is 14. The fraction of sp³-hybridized carbons (Fsp3) is 0.306. The fourth-order valence-corrected chi connectivity index (χ4v) is 10.1. The first kappa shape index (κ1) is 45.1. The van der Waals surface area contributed by atoms with Gasteiger partial charge in [-0.15, -0.1) is 26.6 Å². The van der Waals surface area contributed by atoms with Gasteiger partial charge < -0.3 is 20.3 Å². The Labute approximate surface area is 394 Å². The van der Waals surface area contributed by atoms with Crippen LogP contribution in [0, 0.1) is 27.7 Å². The lowest BCUT2D eigenvalue weighted by Gasteiger charge is -2.29. The molecule has 3 aliphatic rings. The van der Waals surface area contributed by atoms with Crippen molar-refractivity contribution in [3.05, 3.63) is 128 Å². The van der Waals surface area contributed by atoms with Crippen molar-refractivity contribution in [1.82, 2.24) is 35.6 Å². The first-order valence-electron chi connectivity index (χ1n) is 22.1. The minimum atomic E-state index is -0.736. The second-order valence-electron chi connectivity index (χ2n) is 16.8. The summed E-state index contributed by atoms with van der Waals surface area (Å²) in [6, 6.07) is 20.9. The zero-order chi connectivity index (χ0) is 46.9. The van der Waals surface area contributed by atoms with Crippen molar-refractivity contribution in [1.29, 1.82) is 0 Å². The number of hydrogen-bond donors (Lipinski definition) is 3. The van der Waals surface area contributed by atoms with Crippen LogP contribution >= 0.6 is 22.9 Å². The van der Waals surface area contributed by atoms with Gasteiger partial charge in [0, 0.05) is 69.0 Å². The lowest BCUT2D eigenvalue weighted by atomic mass is 9.99. The quantitative estimate of drug-likeness (QED) is 0.0555. The average Bonchev–Trinajstić information content (AvgIpc) is 3.93. The molecule has 3 aliphatic heterocycles. The number of aliphatic imine (C=N–C) groups is 1. The van der Waals surface area contributed by atoms with E-state index >= 15 is 0 Å². The summed E-state index contributed by atoms with van der Waals surface area (Å²) >= 11 is 7.90. The molecule has 0 radical (unpaired) electrons. The van der Waals surface area contributed by atoms with Crippen LogP contribution in [-0.2, 0) is 25.7 Å². The molecular weight excluding hydrogens is 892 g/mol. The molecule has 16 nitrogen and oxygen atoms in total. The number of aryl methyl sites for hydroxylation is 3. The first-order valence-corrected chi connectivity index (χ1v) is 23.3. The van der Waals surface area contributed by atoms with E-state index in [-0.39, 0.29) is 56.0 Å². The molecule has 3 N–H and O–H groups in total. The first-order chi connectivity index (χ1) is 32.4. The van der Waals surface area contributed by atoms with Crippen molar-refractivity contribution < 1.29 is 28.7 Å². The van der Waals surface area contributed by atoms with E-state index in [1.54, 1.807) is 29.5 Å². The zero-order valence-corrected chi connectivity index (χ0v) is 38.9. The Kier molecular flexibility index (Phi) is 12.8. The highest BCUT2D eigenvalue weighted by atomic mass is 35.5. The van der Waals surface area contributed by atoms with Crippen LogP contribution < -0.4 is 20.7 Å². The van der Waals surface area contributed by atoms with Crippen molar-refractivity contribution in [2.24, 2.45) is 15.2 Å². The summed E-state index contributed by atoms with van der Waals surface area (Å²) in [7, 11) is 0. The summed E-state index contributed by atoms with van der Waals surface area (Å²) in [5.74, 6) is 0.327. The number of imide groups is 1. The summed E-state index contributed by atoms with van der Waals surface area (Å²) in [5.41, 5.74) is 6.74. The summed E-state index contributed by atoms with van der Waals surface area (Å²) in [6.07, 6.45) is 1.79. The Hall–Kier alpha value is -7.11. The number of unbranched alkanes of at least 4 members (excludes halogenated alkanes) is 1. The number of carbonyl (C=O) groups is 5. The topological polar surface area (TPSA) is 202 Å². The Morgan fingerprint density at radius 2 is 1.63 bits per heavy atom. The van der Waals surface area contributed by atoms with Gasteiger partial charge in [0.2, 0.25) is 17.7 Å². The van der Waals surface area contributed by atoms with Gasteiger partial charge in [-0.2, -0.15) is 5.11 Å². The van der Waals surface area contributed by atoms with E-state index in [1.807, 2.05) is 73.0 Å². The summed E-state index contributed by atoms with van der Waals surface area (Å²) in [6.45, 7) is 8.75. The van der Waals surface area contributed by atoms with Gasteiger partial charge in [-0.1, -0.05) is 54.1 Å². The number of azo groups is 1. The molecule has 2 aromatic heterocycles.